The first-order valence-electron chi connectivity index (χ1n) is 12.2. The van der Waals surface area contributed by atoms with E-state index in [0.29, 0.717) is 17.0 Å². The van der Waals surface area contributed by atoms with E-state index in [0.717, 1.165) is 5.56 Å². The molecular formula is C26H40N4O6. The van der Waals surface area contributed by atoms with Gasteiger partial charge in [0.2, 0.25) is 12.3 Å². The highest BCUT2D eigenvalue weighted by Crippen LogP contribution is 2.29. The molecular weight excluding hydrogens is 464 g/mol. The van der Waals surface area contributed by atoms with Gasteiger partial charge < -0.3 is 30.0 Å². The fourth-order valence-electron chi connectivity index (χ4n) is 3.69. The minimum Gasteiger partial charge on any atom is -0.496 e. The van der Waals surface area contributed by atoms with Crippen LogP contribution in [0.2, 0.25) is 0 Å². The zero-order valence-corrected chi connectivity index (χ0v) is 22.5. The fraction of sp³-hybridized carbons (Fsp3) is 0.577. The second-order valence-electron chi connectivity index (χ2n) is 9.70. The Bertz CT molecular complexity index is 991. The van der Waals surface area contributed by atoms with Crippen molar-refractivity contribution in [3.8, 4) is 5.75 Å². The molecule has 1 aliphatic heterocycles. The zero-order valence-electron chi connectivity index (χ0n) is 22.5. The predicted octanol–water partition coefficient (Wildman–Crippen LogP) is 2.30. The van der Waals surface area contributed by atoms with Crippen LogP contribution in [-0.4, -0.2) is 76.2 Å². The SMILES string of the molecule is COc1ccc(C)cc1C(O)CN1C=C(/C(C)=N/OC(C)C)C(=O)N(C[C@H](C)NC(=O)C(C)C)C1O. The van der Waals surface area contributed by atoms with Gasteiger partial charge in [0.25, 0.3) is 5.91 Å². The van der Waals surface area contributed by atoms with Gasteiger partial charge in [-0.25, -0.2) is 0 Å². The topological polar surface area (TPSA) is 124 Å². The van der Waals surface area contributed by atoms with Gasteiger partial charge in [0.1, 0.15) is 18.0 Å². The molecule has 0 aromatic heterocycles. The summed E-state index contributed by atoms with van der Waals surface area (Å²) in [5, 5.41) is 29.1. The first kappa shape index (κ1) is 29.1. The average molecular weight is 505 g/mol. The van der Waals surface area contributed by atoms with Gasteiger partial charge in [0.15, 0.2) is 0 Å². The van der Waals surface area contributed by atoms with Crippen LogP contribution in [0.25, 0.3) is 0 Å². The molecule has 0 saturated carbocycles. The number of hydrogen-bond donors (Lipinski definition) is 3. The Balaban J connectivity index is 2.39. The van der Waals surface area contributed by atoms with Crippen LogP contribution in [0, 0.1) is 12.8 Å². The van der Waals surface area contributed by atoms with E-state index in [9.17, 15) is 19.8 Å². The molecule has 3 atom stereocenters. The molecule has 10 nitrogen and oxygen atoms in total. The van der Waals surface area contributed by atoms with Crippen molar-refractivity contribution in [3.05, 3.63) is 41.1 Å². The summed E-state index contributed by atoms with van der Waals surface area (Å²) in [5.41, 5.74) is 2.05. The van der Waals surface area contributed by atoms with Gasteiger partial charge in [-0.05, 0) is 46.8 Å². The number of hydrogen-bond acceptors (Lipinski definition) is 8. The number of oxime groups is 1. The summed E-state index contributed by atoms with van der Waals surface area (Å²) in [4.78, 5) is 33.6. The second-order valence-corrected chi connectivity index (χ2v) is 9.70. The van der Waals surface area contributed by atoms with Crippen molar-refractivity contribution in [2.24, 2.45) is 11.1 Å². The van der Waals surface area contributed by atoms with Gasteiger partial charge in [-0.3, -0.25) is 14.5 Å². The van der Waals surface area contributed by atoms with Gasteiger partial charge in [-0.1, -0.05) is 30.6 Å². The van der Waals surface area contributed by atoms with Crippen molar-refractivity contribution in [1.82, 2.24) is 15.1 Å². The van der Waals surface area contributed by atoms with Crippen molar-refractivity contribution in [2.75, 3.05) is 20.2 Å². The van der Waals surface area contributed by atoms with Crippen LogP contribution in [0.4, 0.5) is 0 Å². The van der Waals surface area contributed by atoms with Crippen LogP contribution in [-0.2, 0) is 14.4 Å². The van der Waals surface area contributed by atoms with Crippen molar-refractivity contribution < 1.29 is 29.4 Å². The maximum atomic E-state index is 13.4. The number of β-amino-alcohol motifs (C(OH)–C–C–N with tert-alkyl or cyclic N) is 1. The first-order valence-corrected chi connectivity index (χ1v) is 12.2. The number of carbonyl (C=O) groups excluding carboxylic acids is 2. The number of benzene rings is 1. The van der Waals surface area contributed by atoms with Gasteiger partial charge in [-0.15, -0.1) is 0 Å². The number of amides is 2. The molecule has 1 aromatic carbocycles. The summed E-state index contributed by atoms with van der Waals surface area (Å²) in [6.07, 6.45) is -1.10. The van der Waals surface area contributed by atoms with Gasteiger partial charge in [-0.2, -0.15) is 0 Å². The van der Waals surface area contributed by atoms with E-state index in [1.807, 2.05) is 32.9 Å². The highest BCUT2D eigenvalue weighted by atomic mass is 16.6. The van der Waals surface area contributed by atoms with E-state index in [-0.39, 0.29) is 36.6 Å². The van der Waals surface area contributed by atoms with E-state index >= 15 is 0 Å². The lowest BCUT2D eigenvalue weighted by Gasteiger charge is -2.41. The minimum atomic E-state index is -1.37. The van der Waals surface area contributed by atoms with E-state index < -0.39 is 24.4 Å². The molecule has 200 valence electrons. The standard InChI is InChI=1S/C26H40N4O6/c1-15(2)24(32)27-18(6)12-30-25(33)21(19(7)28-36-16(3)4)13-29(26(30)34)14-22(31)20-11-17(5)9-10-23(20)35-8/h9-11,13,15-16,18,22,26,31,34H,12,14H2,1-8H3,(H,27,32)/b28-19+/t18-,22?,26?/m0/s1. The summed E-state index contributed by atoms with van der Waals surface area (Å²) in [5.74, 6) is -0.312. The molecule has 36 heavy (non-hydrogen) atoms. The molecule has 0 bridgehead atoms. The average Bonchev–Trinajstić information content (AvgIpc) is 2.81. The maximum Gasteiger partial charge on any atom is 0.260 e. The molecule has 0 aliphatic carbocycles. The van der Waals surface area contributed by atoms with Crippen LogP contribution in [0.5, 0.6) is 5.75 Å². The summed E-state index contributed by atoms with van der Waals surface area (Å²) in [7, 11) is 1.52. The monoisotopic (exact) mass is 504 g/mol. The Morgan fingerprint density at radius 3 is 2.44 bits per heavy atom. The van der Waals surface area contributed by atoms with E-state index in [2.05, 4.69) is 10.5 Å². The predicted molar refractivity (Wildman–Crippen MR) is 137 cm³/mol. The molecule has 0 spiro atoms. The van der Waals surface area contributed by atoms with Gasteiger partial charge in [0, 0.05) is 30.3 Å². The van der Waals surface area contributed by atoms with Crippen LogP contribution in [0.3, 0.4) is 0 Å². The van der Waals surface area contributed by atoms with Gasteiger partial charge >= 0.3 is 0 Å². The molecule has 3 N–H and O–H groups in total. The zero-order chi connectivity index (χ0) is 27.2. The van der Waals surface area contributed by atoms with Crippen LogP contribution < -0.4 is 10.1 Å². The number of carbonyl (C=O) groups is 2. The molecule has 0 radical (unpaired) electrons. The van der Waals surface area contributed by atoms with Crippen molar-refractivity contribution >= 4 is 17.5 Å². The Morgan fingerprint density at radius 2 is 1.86 bits per heavy atom. The molecule has 0 fully saturated rings. The number of methoxy groups -OCH3 is 1. The largest absolute Gasteiger partial charge is 0.496 e. The number of aliphatic hydroxyl groups excluding tert-OH is 2. The van der Waals surface area contributed by atoms with E-state index in [4.69, 9.17) is 9.57 Å². The lowest BCUT2D eigenvalue weighted by atomic mass is 10.0. The molecule has 2 rings (SSSR count). The molecule has 1 aliphatic rings. The Hall–Kier alpha value is -3.11. The number of nitrogens with zero attached hydrogens (tertiary/aromatic N) is 3. The van der Waals surface area contributed by atoms with Crippen LogP contribution in [0.15, 0.2) is 35.1 Å². The summed E-state index contributed by atoms with van der Waals surface area (Å²) in [6, 6.07) is 5.05. The second kappa shape index (κ2) is 12.7. The number of rotatable bonds is 11. The highest BCUT2D eigenvalue weighted by molar-refractivity contribution is 6.20. The van der Waals surface area contributed by atoms with E-state index in [1.165, 1.54) is 23.1 Å². The maximum absolute atomic E-state index is 13.4. The van der Waals surface area contributed by atoms with Crippen molar-refractivity contribution in [2.45, 2.75) is 73.1 Å². The molecule has 2 unspecified atom stereocenters. The summed E-state index contributed by atoms with van der Waals surface area (Å²) < 4.78 is 5.40. The lowest BCUT2D eigenvalue weighted by Crippen LogP contribution is -2.58. The number of aliphatic hydroxyl groups is 2. The Labute approximate surface area is 213 Å². The Morgan fingerprint density at radius 1 is 1.19 bits per heavy atom. The van der Waals surface area contributed by atoms with Gasteiger partial charge in [0.05, 0.1) is 24.9 Å². The quantitative estimate of drug-likeness (QED) is 0.312. The van der Waals surface area contributed by atoms with Crippen molar-refractivity contribution in [1.29, 1.82) is 0 Å². The first-order chi connectivity index (χ1) is 16.8. The molecule has 0 saturated heterocycles. The van der Waals surface area contributed by atoms with Crippen molar-refractivity contribution in [3.63, 3.8) is 0 Å². The summed E-state index contributed by atoms with van der Waals surface area (Å²) in [6.45, 7) is 12.5. The number of aryl methyl sites for hydroxylation is 1. The summed E-state index contributed by atoms with van der Waals surface area (Å²) >= 11 is 0. The van der Waals surface area contributed by atoms with Crippen LogP contribution >= 0.6 is 0 Å². The molecule has 10 heteroatoms. The fourth-order valence-corrected chi connectivity index (χ4v) is 3.69. The van der Waals surface area contributed by atoms with E-state index in [1.54, 1.807) is 33.8 Å². The van der Waals surface area contributed by atoms with Crippen LogP contribution in [0.1, 0.15) is 58.8 Å². The molecule has 1 aromatic rings. The number of ether oxygens (including phenoxy) is 1. The minimum absolute atomic E-state index is 0.0285. The lowest BCUT2D eigenvalue weighted by molar-refractivity contribution is -0.157. The third-order valence-corrected chi connectivity index (χ3v) is 5.66. The third kappa shape index (κ3) is 7.44. The number of nitrogens with one attached hydrogen (secondary N) is 1. The Kier molecular flexibility index (Phi) is 10.3. The normalized spacial score (nSPS) is 18.3. The molecule has 1 heterocycles. The highest BCUT2D eigenvalue weighted by Gasteiger charge is 2.37. The molecule has 2 amide bonds. The smallest absolute Gasteiger partial charge is 0.260 e. The third-order valence-electron chi connectivity index (χ3n) is 5.66.